The number of hydrogen-bond donors (Lipinski definition) is 1. The van der Waals surface area contributed by atoms with Gasteiger partial charge in [-0.25, -0.2) is 0 Å². The molecule has 2 aliphatic rings. The fraction of sp³-hybridized carbons (Fsp3) is 0.286. The van der Waals surface area contributed by atoms with Gasteiger partial charge in [-0.1, -0.05) is 29.8 Å². The van der Waals surface area contributed by atoms with Crippen LogP contribution in [0.1, 0.15) is 56.4 Å². The van der Waals surface area contributed by atoms with Crippen LogP contribution in [0.5, 0.6) is 0 Å². The molecule has 34 heavy (non-hydrogen) atoms. The van der Waals surface area contributed by atoms with Gasteiger partial charge in [-0.15, -0.1) is 0 Å². The lowest BCUT2D eigenvalue weighted by molar-refractivity contribution is 0.0912. The first-order valence-electron chi connectivity index (χ1n) is 11.6. The fourth-order valence-electron chi connectivity index (χ4n) is 5.05. The van der Waals surface area contributed by atoms with Gasteiger partial charge in [0.1, 0.15) is 0 Å². The molecule has 1 fully saturated rings. The lowest BCUT2D eigenvalue weighted by atomic mass is 9.93. The van der Waals surface area contributed by atoms with Crippen LogP contribution in [0, 0.1) is 19.8 Å². The van der Waals surface area contributed by atoms with Crippen molar-refractivity contribution in [1.29, 1.82) is 0 Å². The Morgan fingerprint density at radius 2 is 1.79 bits per heavy atom. The van der Waals surface area contributed by atoms with Gasteiger partial charge in [0, 0.05) is 46.2 Å². The Morgan fingerprint density at radius 1 is 0.971 bits per heavy atom. The molecule has 0 spiro atoms. The maximum atomic E-state index is 13.7. The number of nitrogens with one attached hydrogen (secondary N) is 1. The molecule has 1 N–H and O–H groups in total. The third-order valence-corrected chi connectivity index (χ3v) is 7.11. The minimum Gasteiger partial charge on any atom is -0.373 e. The van der Waals surface area contributed by atoms with Gasteiger partial charge in [-0.2, -0.15) is 0 Å². The Balaban J connectivity index is 1.41. The number of hydrogen-bond acceptors (Lipinski definition) is 3. The smallest absolute Gasteiger partial charge is 0.258 e. The summed E-state index contributed by atoms with van der Waals surface area (Å²) in [6.07, 6.45) is 1.85. The van der Waals surface area contributed by atoms with Gasteiger partial charge in [-0.3, -0.25) is 9.59 Å². The monoisotopic (exact) mass is 474 g/mol. The van der Waals surface area contributed by atoms with E-state index in [0.717, 1.165) is 41.8 Å². The fourth-order valence-corrected chi connectivity index (χ4v) is 5.23. The van der Waals surface area contributed by atoms with E-state index in [2.05, 4.69) is 5.32 Å². The van der Waals surface area contributed by atoms with Gasteiger partial charge in [0.05, 0.1) is 6.10 Å². The minimum absolute atomic E-state index is 0.0216. The molecule has 0 aliphatic carbocycles. The van der Waals surface area contributed by atoms with Crippen LogP contribution >= 0.6 is 11.6 Å². The van der Waals surface area contributed by atoms with Crippen molar-refractivity contribution in [2.75, 3.05) is 23.4 Å². The van der Waals surface area contributed by atoms with Crippen LogP contribution in [0.3, 0.4) is 0 Å². The number of halogens is 1. The molecule has 3 aromatic rings. The summed E-state index contributed by atoms with van der Waals surface area (Å²) in [6.45, 7) is 5.18. The van der Waals surface area contributed by atoms with Gasteiger partial charge in [0.15, 0.2) is 0 Å². The second-order valence-corrected chi connectivity index (χ2v) is 9.52. The lowest BCUT2D eigenvalue weighted by Crippen LogP contribution is -2.32. The van der Waals surface area contributed by atoms with E-state index in [1.165, 1.54) is 0 Å². The van der Waals surface area contributed by atoms with Gasteiger partial charge in [0.25, 0.3) is 11.8 Å². The number of amides is 2. The number of carbonyl (C=O) groups is 2. The molecule has 5 nitrogen and oxygen atoms in total. The first-order chi connectivity index (χ1) is 16.4. The number of carbonyl (C=O) groups excluding carboxylic acids is 2. The quantitative estimate of drug-likeness (QED) is 0.482. The molecule has 0 radical (unpaired) electrons. The number of benzene rings is 3. The number of anilines is 2. The third kappa shape index (κ3) is 4.22. The SMILES string of the molecule is Cc1ccccc1C(=O)Nc1ccc(C(=O)N2CC[C@H]3CCO[C@@H]3c3cc(Cl)ccc32)c(C)c1. The average molecular weight is 475 g/mol. The van der Waals surface area contributed by atoms with Crippen molar-refractivity contribution in [3.63, 3.8) is 0 Å². The standard InChI is InChI=1S/C28H27ClN2O3/c1-17-5-3-4-6-22(17)27(32)30-21-8-9-23(18(2)15-21)28(33)31-13-11-19-12-14-34-26(19)24-16-20(29)7-10-25(24)31/h3-10,15-16,19,26H,11-14H2,1-2H3,(H,30,32)/t19-,26-/m0/s1. The summed E-state index contributed by atoms with van der Waals surface area (Å²) < 4.78 is 6.04. The van der Waals surface area contributed by atoms with Crippen molar-refractivity contribution >= 4 is 34.8 Å². The molecule has 5 rings (SSSR count). The zero-order chi connectivity index (χ0) is 23.8. The average Bonchev–Trinajstić information content (AvgIpc) is 3.23. The maximum absolute atomic E-state index is 13.7. The third-order valence-electron chi connectivity index (χ3n) is 6.87. The lowest BCUT2D eigenvalue weighted by Gasteiger charge is -2.25. The molecule has 0 aromatic heterocycles. The molecule has 2 aliphatic heterocycles. The Kier molecular flexibility index (Phi) is 6.15. The van der Waals surface area contributed by atoms with E-state index in [4.69, 9.17) is 16.3 Å². The number of aryl methyl sites for hydroxylation is 2. The van der Waals surface area contributed by atoms with Crippen LogP contribution in [0.4, 0.5) is 11.4 Å². The zero-order valence-corrected chi connectivity index (χ0v) is 20.1. The molecule has 0 bridgehead atoms. The summed E-state index contributed by atoms with van der Waals surface area (Å²) >= 11 is 6.31. The summed E-state index contributed by atoms with van der Waals surface area (Å²) in [7, 11) is 0. The normalized spacial score (nSPS) is 19.2. The van der Waals surface area contributed by atoms with Crippen LogP contribution in [0.2, 0.25) is 5.02 Å². The Bertz CT molecular complexity index is 1270. The van der Waals surface area contributed by atoms with E-state index < -0.39 is 0 Å². The molecule has 174 valence electrons. The molecule has 3 aromatic carbocycles. The Morgan fingerprint density at radius 3 is 2.59 bits per heavy atom. The Hall–Kier alpha value is -3.15. The van der Waals surface area contributed by atoms with E-state index in [9.17, 15) is 9.59 Å². The summed E-state index contributed by atoms with van der Waals surface area (Å²) in [6, 6.07) is 18.6. The number of ether oxygens (including phenoxy) is 1. The summed E-state index contributed by atoms with van der Waals surface area (Å²) in [5, 5.41) is 3.59. The molecule has 6 heteroatoms. The van der Waals surface area contributed by atoms with Crippen molar-refractivity contribution in [2.45, 2.75) is 32.8 Å². The molecule has 2 amide bonds. The molecular formula is C28H27ClN2O3. The van der Waals surface area contributed by atoms with E-state index in [1.807, 2.05) is 61.2 Å². The summed E-state index contributed by atoms with van der Waals surface area (Å²) in [4.78, 5) is 28.3. The van der Waals surface area contributed by atoms with Crippen LogP contribution in [0.15, 0.2) is 60.7 Å². The molecular weight excluding hydrogens is 448 g/mol. The van der Waals surface area contributed by atoms with Gasteiger partial charge in [-0.05, 0) is 86.2 Å². The van der Waals surface area contributed by atoms with Crippen molar-refractivity contribution in [2.24, 2.45) is 5.92 Å². The zero-order valence-electron chi connectivity index (χ0n) is 19.3. The Labute approximate surface area is 204 Å². The molecule has 1 saturated heterocycles. The predicted molar refractivity (Wildman–Crippen MR) is 135 cm³/mol. The van der Waals surface area contributed by atoms with Gasteiger partial charge >= 0.3 is 0 Å². The highest BCUT2D eigenvalue weighted by Crippen LogP contribution is 2.45. The van der Waals surface area contributed by atoms with Crippen molar-refractivity contribution < 1.29 is 14.3 Å². The van der Waals surface area contributed by atoms with Gasteiger partial charge < -0.3 is 15.0 Å². The number of fused-ring (bicyclic) bond motifs is 3. The number of nitrogens with zero attached hydrogens (tertiary/aromatic N) is 1. The second kappa shape index (κ2) is 9.24. The topological polar surface area (TPSA) is 58.6 Å². The van der Waals surface area contributed by atoms with Crippen molar-refractivity contribution in [3.05, 3.63) is 93.5 Å². The predicted octanol–water partition coefficient (Wildman–Crippen LogP) is 6.34. The molecule has 0 saturated carbocycles. The van der Waals surface area contributed by atoms with Crippen LogP contribution < -0.4 is 10.2 Å². The minimum atomic E-state index is -0.165. The summed E-state index contributed by atoms with van der Waals surface area (Å²) in [5.74, 6) is 0.161. The first kappa shape index (κ1) is 22.6. The van der Waals surface area contributed by atoms with E-state index in [-0.39, 0.29) is 17.9 Å². The maximum Gasteiger partial charge on any atom is 0.258 e. The highest BCUT2D eigenvalue weighted by Gasteiger charge is 2.37. The van der Waals surface area contributed by atoms with Crippen LogP contribution in [-0.2, 0) is 4.74 Å². The second-order valence-electron chi connectivity index (χ2n) is 9.09. The highest BCUT2D eigenvalue weighted by molar-refractivity contribution is 6.30. The molecule has 0 unspecified atom stereocenters. The van der Waals surface area contributed by atoms with E-state index in [1.54, 1.807) is 18.2 Å². The first-order valence-corrected chi connectivity index (χ1v) is 12.0. The molecule has 2 atom stereocenters. The van der Waals surface area contributed by atoms with Gasteiger partial charge in [0.2, 0.25) is 0 Å². The van der Waals surface area contributed by atoms with E-state index in [0.29, 0.717) is 34.3 Å². The van der Waals surface area contributed by atoms with Crippen LogP contribution in [-0.4, -0.2) is 25.0 Å². The highest BCUT2D eigenvalue weighted by atomic mass is 35.5. The van der Waals surface area contributed by atoms with Crippen molar-refractivity contribution in [1.82, 2.24) is 0 Å². The van der Waals surface area contributed by atoms with Crippen LogP contribution in [0.25, 0.3) is 0 Å². The largest absolute Gasteiger partial charge is 0.373 e. The van der Waals surface area contributed by atoms with E-state index >= 15 is 0 Å². The molecule has 2 heterocycles. The number of rotatable bonds is 3. The summed E-state index contributed by atoms with van der Waals surface area (Å²) in [5.41, 5.74) is 5.48. The van der Waals surface area contributed by atoms with Crippen molar-refractivity contribution in [3.8, 4) is 0 Å².